The zero-order valence-corrected chi connectivity index (χ0v) is 13.9. The van der Waals surface area contributed by atoms with Crippen LogP contribution in [0.25, 0.3) is 0 Å². The van der Waals surface area contributed by atoms with Gasteiger partial charge in [0.15, 0.2) is 0 Å². The fourth-order valence-corrected chi connectivity index (χ4v) is 2.40. The van der Waals surface area contributed by atoms with Crippen molar-refractivity contribution < 1.29 is 4.79 Å². The molecule has 5 heteroatoms. The van der Waals surface area contributed by atoms with Gasteiger partial charge in [0.25, 0.3) is 0 Å². The van der Waals surface area contributed by atoms with Crippen LogP contribution in [0, 0.1) is 0 Å². The van der Waals surface area contributed by atoms with E-state index in [-0.39, 0.29) is 5.91 Å². The number of amides is 1. The molecule has 0 aliphatic rings. The van der Waals surface area contributed by atoms with Crippen LogP contribution in [-0.4, -0.2) is 49.4 Å². The molecule has 1 rings (SSSR count). The van der Waals surface area contributed by atoms with E-state index in [0.29, 0.717) is 13.0 Å². The van der Waals surface area contributed by atoms with E-state index in [9.17, 15) is 4.79 Å². The van der Waals surface area contributed by atoms with Crippen LogP contribution in [0.2, 0.25) is 0 Å². The molecule has 2 N–H and O–H groups in total. The molecule has 1 aromatic carbocycles. The predicted octanol–water partition coefficient (Wildman–Crippen LogP) is 2.08. The summed E-state index contributed by atoms with van der Waals surface area (Å²) in [6.45, 7) is 2.97. The molecule has 0 unspecified atom stereocenters. The first-order chi connectivity index (χ1) is 9.52. The third-order valence-electron chi connectivity index (χ3n) is 3.17. The lowest BCUT2D eigenvalue weighted by Gasteiger charge is -2.20. The summed E-state index contributed by atoms with van der Waals surface area (Å²) in [6, 6.07) is 8.24. The normalized spacial score (nSPS) is 10.8. The molecule has 112 valence electrons. The Hall–Kier alpha value is -0.910. The number of carbonyl (C=O) groups excluding carboxylic acids is 1. The van der Waals surface area contributed by atoms with Crippen molar-refractivity contribution in [1.82, 2.24) is 9.80 Å². The zero-order chi connectivity index (χ0) is 15.0. The summed E-state index contributed by atoms with van der Waals surface area (Å²) in [5, 5.41) is 0. The van der Waals surface area contributed by atoms with Gasteiger partial charge < -0.3 is 15.5 Å². The molecule has 0 aliphatic carbocycles. The van der Waals surface area contributed by atoms with Crippen molar-refractivity contribution in [3.8, 4) is 0 Å². The van der Waals surface area contributed by atoms with Gasteiger partial charge >= 0.3 is 0 Å². The first-order valence-corrected chi connectivity index (χ1v) is 7.69. The van der Waals surface area contributed by atoms with Crippen molar-refractivity contribution >= 4 is 21.8 Å². The van der Waals surface area contributed by atoms with Crippen LogP contribution in [0.4, 0.5) is 0 Å². The highest BCUT2D eigenvalue weighted by Crippen LogP contribution is 2.13. The monoisotopic (exact) mass is 341 g/mol. The molecule has 0 fully saturated rings. The standard InChI is InChI=1S/C15H24BrN3O/c1-18(12-13-5-3-6-14(16)11-13)10-7-15(20)19(2)9-4-8-17/h3,5-6,11H,4,7-10,12,17H2,1-2H3. The summed E-state index contributed by atoms with van der Waals surface area (Å²) in [4.78, 5) is 15.8. The third-order valence-corrected chi connectivity index (χ3v) is 3.67. The predicted molar refractivity (Wildman–Crippen MR) is 86.4 cm³/mol. The maximum absolute atomic E-state index is 11.9. The lowest BCUT2D eigenvalue weighted by atomic mass is 10.2. The highest BCUT2D eigenvalue weighted by Gasteiger charge is 2.09. The van der Waals surface area contributed by atoms with Gasteiger partial charge in [0, 0.05) is 37.6 Å². The van der Waals surface area contributed by atoms with Crippen molar-refractivity contribution in [2.24, 2.45) is 5.73 Å². The van der Waals surface area contributed by atoms with Gasteiger partial charge in [-0.2, -0.15) is 0 Å². The van der Waals surface area contributed by atoms with Crippen LogP contribution < -0.4 is 5.73 Å². The molecular formula is C15H24BrN3O. The van der Waals surface area contributed by atoms with E-state index in [1.54, 1.807) is 4.90 Å². The number of nitrogens with two attached hydrogens (primary N) is 1. The zero-order valence-electron chi connectivity index (χ0n) is 12.3. The number of hydrogen-bond donors (Lipinski definition) is 1. The summed E-state index contributed by atoms with van der Waals surface area (Å²) >= 11 is 3.47. The second-order valence-electron chi connectivity index (χ2n) is 5.08. The topological polar surface area (TPSA) is 49.6 Å². The van der Waals surface area contributed by atoms with Gasteiger partial charge in [-0.05, 0) is 37.7 Å². The number of rotatable bonds is 8. The molecule has 0 heterocycles. The van der Waals surface area contributed by atoms with Gasteiger partial charge in [-0.15, -0.1) is 0 Å². The van der Waals surface area contributed by atoms with Crippen LogP contribution in [-0.2, 0) is 11.3 Å². The Morgan fingerprint density at radius 1 is 1.30 bits per heavy atom. The molecule has 1 amide bonds. The van der Waals surface area contributed by atoms with Gasteiger partial charge in [0.05, 0.1) is 0 Å². The van der Waals surface area contributed by atoms with Crippen LogP contribution in [0.1, 0.15) is 18.4 Å². The highest BCUT2D eigenvalue weighted by molar-refractivity contribution is 9.10. The summed E-state index contributed by atoms with van der Waals surface area (Å²) in [7, 11) is 3.88. The van der Waals surface area contributed by atoms with Crippen LogP contribution in [0.5, 0.6) is 0 Å². The van der Waals surface area contributed by atoms with Gasteiger partial charge in [-0.25, -0.2) is 0 Å². The molecule has 20 heavy (non-hydrogen) atoms. The fourth-order valence-electron chi connectivity index (χ4n) is 1.96. The Balaban J connectivity index is 2.32. The number of nitrogens with zero attached hydrogens (tertiary/aromatic N) is 2. The molecule has 0 bridgehead atoms. The highest BCUT2D eigenvalue weighted by atomic mass is 79.9. The molecule has 0 saturated carbocycles. The van der Waals surface area contributed by atoms with Crippen molar-refractivity contribution in [1.29, 1.82) is 0 Å². The first-order valence-electron chi connectivity index (χ1n) is 6.90. The van der Waals surface area contributed by atoms with Gasteiger partial charge in [-0.1, -0.05) is 28.1 Å². The minimum Gasteiger partial charge on any atom is -0.346 e. The Bertz CT molecular complexity index is 425. The Kier molecular flexibility index (Phi) is 7.80. The Morgan fingerprint density at radius 2 is 2.05 bits per heavy atom. The molecule has 0 radical (unpaired) electrons. The SMILES string of the molecule is CN(CCC(=O)N(C)CCCN)Cc1cccc(Br)c1. The van der Waals surface area contributed by atoms with Crippen molar-refractivity contribution in [2.45, 2.75) is 19.4 Å². The molecule has 0 aromatic heterocycles. The Morgan fingerprint density at radius 3 is 2.70 bits per heavy atom. The number of carbonyl (C=O) groups is 1. The molecule has 0 aliphatic heterocycles. The summed E-state index contributed by atoms with van der Waals surface area (Å²) < 4.78 is 1.08. The van der Waals surface area contributed by atoms with E-state index < -0.39 is 0 Å². The van der Waals surface area contributed by atoms with Crippen molar-refractivity contribution in [2.75, 3.05) is 33.7 Å². The minimum atomic E-state index is 0.180. The lowest BCUT2D eigenvalue weighted by molar-refractivity contribution is -0.130. The number of benzene rings is 1. The number of hydrogen-bond acceptors (Lipinski definition) is 3. The van der Waals surface area contributed by atoms with E-state index in [1.807, 2.05) is 26.2 Å². The van der Waals surface area contributed by atoms with E-state index in [1.165, 1.54) is 5.56 Å². The fraction of sp³-hybridized carbons (Fsp3) is 0.533. The summed E-state index contributed by atoms with van der Waals surface area (Å²) in [5.74, 6) is 0.180. The van der Waals surface area contributed by atoms with Crippen LogP contribution >= 0.6 is 15.9 Å². The maximum atomic E-state index is 11.9. The maximum Gasteiger partial charge on any atom is 0.223 e. The molecule has 0 spiro atoms. The number of halogens is 1. The van der Waals surface area contributed by atoms with E-state index in [2.05, 4.69) is 33.0 Å². The summed E-state index contributed by atoms with van der Waals surface area (Å²) in [6.07, 6.45) is 1.40. The van der Waals surface area contributed by atoms with Gasteiger partial charge in [0.2, 0.25) is 5.91 Å². The average Bonchev–Trinajstić information content (AvgIpc) is 2.42. The largest absolute Gasteiger partial charge is 0.346 e. The molecule has 1 aromatic rings. The van der Waals surface area contributed by atoms with Crippen molar-refractivity contribution in [3.05, 3.63) is 34.3 Å². The smallest absolute Gasteiger partial charge is 0.223 e. The summed E-state index contributed by atoms with van der Waals surface area (Å²) in [5.41, 5.74) is 6.69. The quantitative estimate of drug-likeness (QED) is 0.787. The van der Waals surface area contributed by atoms with E-state index in [0.717, 1.165) is 30.5 Å². The van der Waals surface area contributed by atoms with E-state index in [4.69, 9.17) is 5.73 Å². The third kappa shape index (κ3) is 6.50. The molecule has 0 saturated heterocycles. The van der Waals surface area contributed by atoms with Crippen molar-refractivity contribution in [3.63, 3.8) is 0 Å². The lowest BCUT2D eigenvalue weighted by Crippen LogP contribution is -2.32. The minimum absolute atomic E-state index is 0.180. The average molecular weight is 342 g/mol. The second kappa shape index (κ2) is 9.10. The Labute approximate surface area is 130 Å². The second-order valence-corrected chi connectivity index (χ2v) is 5.99. The van der Waals surface area contributed by atoms with Gasteiger partial charge in [0.1, 0.15) is 0 Å². The molecular weight excluding hydrogens is 318 g/mol. The molecule has 4 nitrogen and oxygen atoms in total. The van der Waals surface area contributed by atoms with Crippen LogP contribution in [0.3, 0.4) is 0 Å². The van der Waals surface area contributed by atoms with Crippen LogP contribution in [0.15, 0.2) is 28.7 Å². The van der Waals surface area contributed by atoms with E-state index >= 15 is 0 Å². The van der Waals surface area contributed by atoms with Gasteiger partial charge in [-0.3, -0.25) is 4.79 Å². The first kappa shape index (κ1) is 17.1. The molecule has 0 atom stereocenters.